The van der Waals surface area contributed by atoms with E-state index in [9.17, 15) is 14.0 Å². The first kappa shape index (κ1) is 14.3. The Bertz CT molecular complexity index is 533. The average Bonchev–Trinajstić information content (AvgIpc) is 2.41. The Morgan fingerprint density at radius 2 is 1.85 bits per heavy atom. The molecule has 0 bridgehead atoms. The van der Waals surface area contributed by atoms with Crippen LogP contribution >= 0.6 is 0 Å². The summed E-state index contributed by atoms with van der Waals surface area (Å²) in [5.41, 5.74) is 6.66. The van der Waals surface area contributed by atoms with Gasteiger partial charge in [-0.05, 0) is 24.1 Å². The normalized spacial score (nSPS) is 15.9. The molecule has 1 aromatic carbocycles. The number of nitrogens with zero attached hydrogens (tertiary/aromatic N) is 2. The van der Waals surface area contributed by atoms with Crippen LogP contribution in [0.2, 0.25) is 0 Å². The van der Waals surface area contributed by atoms with Crippen LogP contribution in [0.15, 0.2) is 18.2 Å². The topological polar surface area (TPSA) is 66.6 Å². The van der Waals surface area contributed by atoms with E-state index in [1.165, 1.54) is 17.0 Å². The van der Waals surface area contributed by atoms with Crippen LogP contribution in [0.5, 0.6) is 0 Å². The second-order valence-electron chi connectivity index (χ2n) is 4.86. The van der Waals surface area contributed by atoms with Gasteiger partial charge in [0.15, 0.2) is 0 Å². The van der Waals surface area contributed by atoms with Crippen molar-refractivity contribution in [1.29, 1.82) is 0 Å². The maximum Gasteiger partial charge on any atom is 0.312 e. The molecule has 0 unspecified atom stereocenters. The van der Waals surface area contributed by atoms with E-state index >= 15 is 0 Å². The number of nitrogen functional groups attached to an aromatic ring is 1. The number of anilines is 1. The summed E-state index contributed by atoms with van der Waals surface area (Å²) in [6.45, 7) is 3.79. The molecule has 0 aliphatic carbocycles. The summed E-state index contributed by atoms with van der Waals surface area (Å²) in [4.78, 5) is 26.9. The number of carbonyl (C=O) groups is 2. The molecule has 0 saturated carbocycles. The molecule has 1 saturated heterocycles. The van der Waals surface area contributed by atoms with Gasteiger partial charge in [-0.2, -0.15) is 0 Å². The van der Waals surface area contributed by atoms with Crippen LogP contribution in [0.3, 0.4) is 0 Å². The second-order valence-corrected chi connectivity index (χ2v) is 4.86. The predicted molar refractivity (Wildman–Crippen MR) is 73.1 cm³/mol. The average molecular weight is 279 g/mol. The fraction of sp³-hybridized carbons (Fsp3) is 0.429. The largest absolute Gasteiger partial charge is 0.398 e. The lowest BCUT2D eigenvalue weighted by Gasteiger charge is -2.33. The maximum absolute atomic E-state index is 13.0. The van der Waals surface area contributed by atoms with Crippen molar-refractivity contribution in [2.75, 3.05) is 25.4 Å². The van der Waals surface area contributed by atoms with Gasteiger partial charge in [0.2, 0.25) is 0 Å². The van der Waals surface area contributed by atoms with Gasteiger partial charge in [0.1, 0.15) is 5.82 Å². The number of amides is 2. The fourth-order valence-electron chi connectivity index (χ4n) is 2.26. The smallest absolute Gasteiger partial charge is 0.312 e. The number of halogens is 1. The maximum atomic E-state index is 13.0. The van der Waals surface area contributed by atoms with Gasteiger partial charge in [-0.15, -0.1) is 0 Å². The van der Waals surface area contributed by atoms with Gasteiger partial charge in [0, 0.05) is 31.9 Å². The quantitative estimate of drug-likeness (QED) is 0.660. The van der Waals surface area contributed by atoms with E-state index in [2.05, 4.69) is 0 Å². The summed E-state index contributed by atoms with van der Waals surface area (Å²) >= 11 is 0. The van der Waals surface area contributed by atoms with Gasteiger partial charge in [-0.3, -0.25) is 9.59 Å². The number of rotatable bonds is 4. The Balaban J connectivity index is 2.07. The standard InChI is InChI=1S/C14H18FN3O2/c1-2-5-17-6-7-18(14(20)13(17)19)9-10-3-4-11(15)8-12(10)16/h3-4,8H,2,5-7,9,16H2,1H3. The number of nitrogens with two attached hydrogens (primary N) is 1. The molecule has 0 atom stereocenters. The molecule has 2 amide bonds. The number of piperazine rings is 1. The predicted octanol–water partition coefficient (Wildman–Crippen LogP) is 0.989. The Hall–Kier alpha value is -2.11. The van der Waals surface area contributed by atoms with Crippen molar-refractivity contribution >= 4 is 17.5 Å². The van der Waals surface area contributed by atoms with Crippen molar-refractivity contribution in [2.45, 2.75) is 19.9 Å². The minimum absolute atomic E-state index is 0.233. The highest BCUT2D eigenvalue weighted by Gasteiger charge is 2.31. The highest BCUT2D eigenvalue weighted by atomic mass is 19.1. The molecule has 2 N–H and O–H groups in total. The summed E-state index contributed by atoms with van der Waals surface area (Å²) in [5, 5.41) is 0. The molecule has 0 radical (unpaired) electrons. The van der Waals surface area contributed by atoms with Crippen molar-refractivity contribution in [3.63, 3.8) is 0 Å². The molecule has 1 aromatic rings. The molecule has 2 rings (SSSR count). The molecule has 6 heteroatoms. The second kappa shape index (κ2) is 5.90. The van der Waals surface area contributed by atoms with Crippen LogP contribution in [-0.4, -0.2) is 41.2 Å². The summed E-state index contributed by atoms with van der Waals surface area (Å²) in [7, 11) is 0. The van der Waals surface area contributed by atoms with Gasteiger partial charge < -0.3 is 15.5 Å². The van der Waals surface area contributed by atoms with Gasteiger partial charge in [0.25, 0.3) is 0 Å². The number of carbonyl (C=O) groups excluding carboxylic acids is 2. The SMILES string of the molecule is CCCN1CCN(Cc2ccc(F)cc2N)C(=O)C1=O. The Morgan fingerprint density at radius 3 is 2.50 bits per heavy atom. The molecule has 1 aliphatic rings. The minimum atomic E-state index is -0.520. The van der Waals surface area contributed by atoms with Gasteiger partial charge in [-0.1, -0.05) is 13.0 Å². The number of hydrogen-bond acceptors (Lipinski definition) is 3. The molecular weight excluding hydrogens is 261 g/mol. The zero-order valence-corrected chi connectivity index (χ0v) is 11.4. The van der Waals surface area contributed by atoms with E-state index in [-0.39, 0.29) is 6.54 Å². The lowest BCUT2D eigenvalue weighted by atomic mass is 10.1. The van der Waals surface area contributed by atoms with Gasteiger partial charge >= 0.3 is 11.8 Å². The lowest BCUT2D eigenvalue weighted by molar-refractivity contribution is -0.156. The molecular formula is C14H18FN3O2. The first-order chi connectivity index (χ1) is 9.52. The van der Waals surface area contributed by atoms with Crippen LogP contribution in [0, 0.1) is 5.82 Å². The molecule has 108 valence electrons. The fourth-order valence-corrected chi connectivity index (χ4v) is 2.26. The number of benzene rings is 1. The summed E-state index contributed by atoms with van der Waals surface area (Å²) in [6, 6.07) is 4.06. The molecule has 1 heterocycles. The minimum Gasteiger partial charge on any atom is -0.398 e. The van der Waals surface area contributed by atoms with Crippen molar-refractivity contribution in [3.8, 4) is 0 Å². The van der Waals surface area contributed by atoms with Crippen molar-refractivity contribution < 1.29 is 14.0 Å². The zero-order valence-electron chi connectivity index (χ0n) is 11.4. The first-order valence-electron chi connectivity index (χ1n) is 6.65. The van der Waals surface area contributed by atoms with Crippen LogP contribution in [0.1, 0.15) is 18.9 Å². The van der Waals surface area contributed by atoms with E-state index in [1.807, 2.05) is 6.92 Å². The highest BCUT2D eigenvalue weighted by molar-refractivity contribution is 6.35. The number of hydrogen-bond donors (Lipinski definition) is 1. The Labute approximate surface area is 117 Å². The third-order valence-corrected chi connectivity index (χ3v) is 3.36. The van der Waals surface area contributed by atoms with Crippen molar-refractivity contribution in [1.82, 2.24) is 9.80 Å². The zero-order chi connectivity index (χ0) is 14.7. The van der Waals surface area contributed by atoms with Crippen molar-refractivity contribution in [3.05, 3.63) is 29.6 Å². The van der Waals surface area contributed by atoms with Gasteiger partial charge in [0.05, 0.1) is 0 Å². The third-order valence-electron chi connectivity index (χ3n) is 3.36. The van der Waals surface area contributed by atoms with E-state index < -0.39 is 17.6 Å². The van der Waals surface area contributed by atoms with Crippen molar-refractivity contribution in [2.24, 2.45) is 0 Å². The van der Waals surface area contributed by atoms with Crippen LogP contribution in [0.25, 0.3) is 0 Å². The molecule has 5 nitrogen and oxygen atoms in total. The van der Waals surface area contributed by atoms with Gasteiger partial charge in [-0.25, -0.2) is 4.39 Å². The first-order valence-corrected chi connectivity index (χ1v) is 6.65. The summed E-state index contributed by atoms with van der Waals surface area (Å²) in [6.07, 6.45) is 0.823. The molecule has 1 fully saturated rings. The van der Waals surface area contributed by atoms with E-state index in [1.54, 1.807) is 11.0 Å². The summed E-state index contributed by atoms with van der Waals surface area (Å²) in [5.74, 6) is -1.41. The van der Waals surface area contributed by atoms with E-state index in [0.29, 0.717) is 30.9 Å². The third kappa shape index (κ3) is 2.89. The monoisotopic (exact) mass is 279 g/mol. The summed E-state index contributed by atoms with van der Waals surface area (Å²) < 4.78 is 13.0. The Kier molecular flexibility index (Phi) is 4.22. The lowest BCUT2D eigenvalue weighted by Crippen LogP contribution is -2.54. The molecule has 0 aromatic heterocycles. The van der Waals surface area contributed by atoms with Crippen LogP contribution < -0.4 is 5.73 Å². The molecule has 0 spiro atoms. The van der Waals surface area contributed by atoms with E-state index in [4.69, 9.17) is 5.73 Å². The van der Waals surface area contributed by atoms with Crippen LogP contribution in [0.4, 0.5) is 10.1 Å². The molecule has 20 heavy (non-hydrogen) atoms. The Morgan fingerprint density at radius 1 is 1.20 bits per heavy atom. The molecule has 1 aliphatic heterocycles. The van der Waals surface area contributed by atoms with E-state index in [0.717, 1.165) is 6.42 Å². The highest BCUT2D eigenvalue weighted by Crippen LogP contribution is 2.17. The van der Waals surface area contributed by atoms with Crippen LogP contribution in [-0.2, 0) is 16.1 Å².